The van der Waals surface area contributed by atoms with Gasteiger partial charge in [0, 0.05) is 6.42 Å². The van der Waals surface area contributed by atoms with Gasteiger partial charge in [0.05, 0.1) is 4.90 Å². The minimum Gasteiger partial charge on any atom is -0.458 e. The molecule has 2 N–H and O–H groups in total. The Morgan fingerprint density at radius 2 is 1.89 bits per heavy atom. The van der Waals surface area contributed by atoms with Gasteiger partial charge in [0.15, 0.2) is 0 Å². The summed E-state index contributed by atoms with van der Waals surface area (Å²) in [5.74, 6) is -0.245. The average molecular weight is 285 g/mol. The molecule has 0 spiro atoms. The summed E-state index contributed by atoms with van der Waals surface area (Å²) < 4.78 is 27.4. The summed E-state index contributed by atoms with van der Waals surface area (Å²) in [6, 6.07) is 6.00. The number of hydrogen-bond acceptors (Lipinski definition) is 4. The number of unbranched alkanes of at least 4 members (excludes halogenated alkanes) is 1. The molecule has 0 aromatic heterocycles. The number of hydrogen-bond donors (Lipinski definition) is 1. The Morgan fingerprint density at radius 1 is 1.32 bits per heavy atom. The maximum absolute atomic E-state index is 11.5. The van der Waals surface area contributed by atoms with Crippen LogP contribution >= 0.6 is 0 Å². The number of carbonyl (C=O) groups is 1. The molecule has 0 aliphatic rings. The zero-order valence-electron chi connectivity index (χ0n) is 11.1. The molecule has 1 atom stereocenters. The van der Waals surface area contributed by atoms with Crippen molar-refractivity contribution >= 4 is 16.0 Å². The third kappa shape index (κ3) is 5.00. The molecule has 1 rings (SSSR count). The van der Waals surface area contributed by atoms with Crippen LogP contribution in [0.4, 0.5) is 0 Å². The Bertz CT molecular complexity index is 522. The normalized spacial score (nSPS) is 13.0. The van der Waals surface area contributed by atoms with E-state index < -0.39 is 16.1 Å². The monoisotopic (exact) mass is 285 g/mol. The third-order valence-corrected chi connectivity index (χ3v) is 3.65. The molecule has 6 heteroatoms. The van der Waals surface area contributed by atoms with E-state index in [0.29, 0.717) is 6.42 Å². The number of benzene rings is 1. The van der Waals surface area contributed by atoms with Crippen LogP contribution in [0, 0.1) is 0 Å². The van der Waals surface area contributed by atoms with Gasteiger partial charge in [0.1, 0.15) is 6.10 Å². The molecule has 0 bridgehead atoms. The predicted octanol–water partition coefficient (Wildman–Crippen LogP) is 2.13. The molecular formula is C13H19NO4S. The van der Waals surface area contributed by atoms with Gasteiger partial charge in [-0.15, -0.1) is 0 Å². The lowest BCUT2D eigenvalue weighted by atomic mass is 10.1. The van der Waals surface area contributed by atoms with Crippen LogP contribution in [0.25, 0.3) is 0 Å². The summed E-state index contributed by atoms with van der Waals surface area (Å²) in [7, 11) is -3.69. The van der Waals surface area contributed by atoms with Crippen molar-refractivity contribution in [1.29, 1.82) is 0 Å². The lowest BCUT2D eigenvalue weighted by Gasteiger charge is -2.13. The van der Waals surface area contributed by atoms with Crippen LogP contribution in [-0.2, 0) is 19.6 Å². The molecule has 0 fully saturated rings. The van der Waals surface area contributed by atoms with Gasteiger partial charge in [-0.05, 0) is 31.0 Å². The Hall–Kier alpha value is -1.40. The van der Waals surface area contributed by atoms with E-state index in [4.69, 9.17) is 9.88 Å². The van der Waals surface area contributed by atoms with Gasteiger partial charge in [-0.3, -0.25) is 4.79 Å². The maximum atomic E-state index is 11.5. The average Bonchev–Trinajstić information content (AvgIpc) is 2.35. The molecule has 0 aliphatic heterocycles. The van der Waals surface area contributed by atoms with Crippen molar-refractivity contribution in [3.63, 3.8) is 0 Å². The highest BCUT2D eigenvalue weighted by atomic mass is 32.2. The van der Waals surface area contributed by atoms with E-state index in [1.165, 1.54) is 12.1 Å². The van der Waals surface area contributed by atoms with Crippen molar-refractivity contribution in [3.05, 3.63) is 29.8 Å². The second kappa shape index (κ2) is 6.68. The zero-order valence-corrected chi connectivity index (χ0v) is 11.9. The van der Waals surface area contributed by atoms with Crippen molar-refractivity contribution < 1.29 is 17.9 Å². The first-order valence-electron chi connectivity index (χ1n) is 6.17. The number of esters is 1. The number of nitrogens with two attached hydrogens (primary N) is 1. The van der Waals surface area contributed by atoms with E-state index in [0.717, 1.165) is 18.4 Å². The first-order valence-corrected chi connectivity index (χ1v) is 7.71. The second-order valence-corrected chi connectivity index (χ2v) is 5.91. The molecule has 1 aromatic rings. The van der Waals surface area contributed by atoms with Crippen LogP contribution in [0.15, 0.2) is 29.2 Å². The minimum atomic E-state index is -3.69. The molecule has 1 aromatic carbocycles. The summed E-state index contributed by atoms with van der Waals surface area (Å²) in [5, 5.41) is 5.01. The molecule has 0 radical (unpaired) electrons. The van der Waals surface area contributed by atoms with E-state index in [-0.39, 0.29) is 10.9 Å². The summed E-state index contributed by atoms with van der Waals surface area (Å²) in [6.07, 6.45) is 1.73. The van der Waals surface area contributed by atoms with Gasteiger partial charge >= 0.3 is 5.97 Å². The molecule has 0 aliphatic carbocycles. The van der Waals surface area contributed by atoms with E-state index >= 15 is 0 Å². The van der Waals surface area contributed by atoms with Crippen LogP contribution < -0.4 is 5.14 Å². The van der Waals surface area contributed by atoms with E-state index in [9.17, 15) is 13.2 Å². The summed E-state index contributed by atoms with van der Waals surface area (Å²) >= 11 is 0. The quantitative estimate of drug-likeness (QED) is 0.811. The number of ether oxygens (including phenoxy) is 1. The SMILES string of the molecule is CCCCC(=O)OC(C)c1ccc(S(N)(=O)=O)cc1. The van der Waals surface area contributed by atoms with Crippen LogP contribution in [-0.4, -0.2) is 14.4 Å². The Morgan fingerprint density at radius 3 is 2.37 bits per heavy atom. The van der Waals surface area contributed by atoms with Gasteiger partial charge in [0.25, 0.3) is 0 Å². The largest absolute Gasteiger partial charge is 0.458 e. The van der Waals surface area contributed by atoms with E-state index in [1.807, 2.05) is 6.92 Å². The van der Waals surface area contributed by atoms with Crippen molar-refractivity contribution in [2.24, 2.45) is 5.14 Å². The lowest BCUT2D eigenvalue weighted by Crippen LogP contribution is -2.12. The van der Waals surface area contributed by atoms with Crippen LogP contribution in [0.1, 0.15) is 44.8 Å². The maximum Gasteiger partial charge on any atom is 0.306 e. The molecule has 19 heavy (non-hydrogen) atoms. The molecule has 106 valence electrons. The standard InChI is InChI=1S/C13H19NO4S/c1-3-4-5-13(15)18-10(2)11-6-8-12(9-7-11)19(14,16)17/h6-10H,3-5H2,1-2H3,(H2,14,16,17). The third-order valence-electron chi connectivity index (χ3n) is 2.72. The topological polar surface area (TPSA) is 86.5 Å². The molecule has 0 amide bonds. The molecule has 0 saturated heterocycles. The Labute approximate surface area is 113 Å². The molecule has 1 unspecified atom stereocenters. The fourth-order valence-electron chi connectivity index (χ4n) is 1.57. The highest BCUT2D eigenvalue weighted by Crippen LogP contribution is 2.19. The van der Waals surface area contributed by atoms with Crippen molar-refractivity contribution in [1.82, 2.24) is 0 Å². The smallest absolute Gasteiger partial charge is 0.306 e. The van der Waals surface area contributed by atoms with Gasteiger partial charge in [-0.25, -0.2) is 13.6 Å². The summed E-state index contributed by atoms with van der Waals surface area (Å²) in [5.41, 5.74) is 0.734. The number of sulfonamides is 1. The minimum absolute atomic E-state index is 0.0424. The van der Waals surface area contributed by atoms with Crippen molar-refractivity contribution in [2.75, 3.05) is 0 Å². The van der Waals surface area contributed by atoms with Gasteiger partial charge in [-0.2, -0.15) is 0 Å². The van der Waals surface area contributed by atoms with Gasteiger partial charge < -0.3 is 4.74 Å². The zero-order chi connectivity index (χ0) is 14.5. The van der Waals surface area contributed by atoms with Crippen LogP contribution in [0.5, 0.6) is 0 Å². The summed E-state index contributed by atoms with van der Waals surface area (Å²) in [6.45, 7) is 3.75. The van der Waals surface area contributed by atoms with Crippen molar-refractivity contribution in [2.45, 2.75) is 44.1 Å². The number of primary sulfonamides is 1. The molecule has 5 nitrogen and oxygen atoms in total. The van der Waals surface area contributed by atoms with Crippen LogP contribution in [0.2, 0.25) is 0 Å². The molecule has 0 heterocycles. The van der Waals surface area contributed by atoms with E-state index in [1.54, 1.807) is 19.1 Å². The molecular weight excluding hydrogens is 266 g/mol. The van der Waals surface area contributed by atoms with E-state index in [2.05, 4.69) is 0 Å². The Balaban J connectivity index is 2.68. The fourth-order valence-corrected chi connectivity index (χ4v) is 2.09. The lowest BCUT2D eigenvalue weighted by molar-refractivity contribution is -0.148. The predicted molar refractivity (Wildman–Crippen MR) is 71.8 cm³/mol. The molecule has 0 saturated carbocycles. The Kier molecular flexibility index (Phi) is 5.50. The first-order chi connectivity index (χ1) is 8.84. The highest BCUT2D eigenvalue weighted by molar-refractivity contribution is 7.89. The van der Waals surface area contributed by atoms with Gasteiger partial charge in [0.2, 0.25) is 10.0 Å². The van der Waals surface area contributed by atoms with Gasteiger partial charge in [-0.1, -0.05) is 25.5 Å². The highest BCUT2D eigenvalue weighted by Gasteiger charge is 2.13. The van der Waals surface area contributed by atoms with Crippen molar-refractivity contribution in [3.8, 4) is 0 Å². The first kappa shape index (κ1) is 15.7. The fraction of sp³-hybridized carbons (Fsp3) is 0.462. The number of carbonyl (C=O) groups excluding carboxylic acids is 1. The van der Waals surface area contributed by atoms with Crippen LogP contribution in [0.3, 0.4) is 0 Å². The second-order valence-electron chi connectivity index (χ2n) is 4.35. The summed E-state index contributed by atoms with van der Waals surface area (Å²) in [4.78, 5) is 11.5. The number of rotatable bonds is 6.